The highest BCUT2D eigenvalue weighted by molar-refractivity contribution is 7.89. The Morgan fingerprint density at radius 1 is 1.17 bits per heavy atom. The molecule has 0 bridgehead atoms. The summed E-state index contributed by atoms with van der Waals surface area (Å²) in [6.07, 6.45) is 0.116. The lowest BCUT2D eigenvalue weighted by molar-refractivity contribution is -0.0632. The lowest BCUT2D eigenvalue weighted by Gasteiger charge is -2.41. The van der Waals surface area contributed by atoms with Crippen LogP contribution in [0.1, 0.15) is 54.2 Å². The molecule has 36 heavy (non-hydrogen) atoms. The first-order valence-corrected chi connectivity index (χ1v) is 13.3. The molecule has 3 atom stereocenters. The number of hydrogen-bond acceptors (Lipinski definition) is 6. The number of carbonyl (C=O) groups excluding carboxylic acids is 1. The highest BCUT2D eigenvalue weighted by Crippen LogP contribution is 2.39. The van der Waals surface area contributed by atoms with Crippen LogP contribution in [0.3, 0.4) is 0 Å². The molecule has 0 fully saturated rings. The van der Waals surface area contributed by atoms with E-state index in [0.29, 0.717) is 11.6 Å². The zero-order valence-corrected chi connectivity index (χ0v) is 21.7. The number of pyridine rings is 1. The maximum absolute atomic E-state index is 13.1. The van der Waals surface area contributed by atoms with Gasteiger partial charge in [0.15, 0.2) is 0 Å². The summed E-state index contributed by atoms with van der Waals surface area (Å²) in [6, 6.07) is 15.9. The second-order valence-electron chi connectivity index (χ2n) is 9.34. The van der Waals surface area contributed by atoms with Crippen LogP contribution in [0.15, 0.2) is 71.8 Å². The number of aromatic nitrogens is 1. The van der Waals surface area contributed by atoms with E-state index >= 15 is 0 Å². The molecule has 1 amide bonds. The van der Waals surface area contributed by atoms with Gasteiger partial charge in [-0.05, 0) is 55.7 Å². The molecule has 1 aliphatic heterocycles. The van der Waals surface area contributed by atoms with Gasteiger partial charge >= 0.3 is 0 Å². The summed E-state index contributed by atoms with van der Waals surface area (Å²) in [5.74, 6) is -0.138. The number of rotatable bonds is 7. The van der Waals surface area contributed by atoms with E-state index in [1.54, 1.807) is 13.8 Å². The monoisotopic (exact) mass is 529 g/mol. The van der Waals surface area contributed by atoms with Crippen molar-refractivity contribution in [2.45, 2.75) is 49.3 Å². The lowest BCUT2D eigenvalue weighted by atomic mass is 9.88. The van der Waals surface area contributed by atoms with Gasteiger partial charge in [-0.3, -0.25) is 4.79 Å². The number of carbonyl (C=O) groups is 1. The molecular formula is C26H28ClN3O5S. The zero-order valence-electron chi connectivity index (χ0n) is 20.1. The van der Waals surface area contributed by atoms with Crippen molar-refractivity contribution in [1.82, 2.24) is 15.0 Å². The van der Waals surface area contributed by atoms with Crippen molar-refractivity contribution in [2.75, 3.05) is 6.54 Å². The van der Waals surface area contributed by atoms with E-state index < -0.39 is 27.8 Å². The van der Waals surface area contributed by atoms with E-state index in [4.69, 9.17) is 16.3 Å². The summed E-state index contributed by atoms with van der Waals surface area (Å²) < 4.78 is 34.6. The molecule has 3 aromatic rings. The summed E-state index contributed by atoms with van der Waals surface area (Å²) in [6.45, 7) is 5.68. The van der Waals surface area contributed by atoms with E-state index in [1.807, 2.05) is 37.3 Å². The van der Waals surface area contributed by atoms with E-state index in [9.17, 15) is 18.3 Å². The average molecular weight is 530 g/mol. The van der Waals surface area contributed by atoms with Crippen LogP contribution in [0.5, 0.6) is 5.88 Å². The van der Waals surface area contributed by atoms with Gasteiger partial charge in [0.1, 0.15) is 11.7 Å². The van der Waals surface area contributed by atoms with Gasteiger partial charge in [0.25, 0.3) is 5.91 Å². The highest BCUT2D eigenvalue weighted by Gasteiger charge is 2.45. The average Bonchev–Trinajstić information content (AvgIpc) is 2.85. The summed E-state index contributed by atoms with van der Waals surface area (Å²) in [4.78, 5) is 17.2. The first-order valence-electron chi connectivity index (χ1n) is 11.5. The van der Waals surface area contributed by atoms with E-state index in [2.05, 4.69) is 15.0 Å². The van der Waals surface area contributed by atoms with E-state index in [-0.39, 0.29) is 33.7 Å². The molecule has 0 radical (unpaired) electrons. The number of nitrogens with zero attached hydrogens (tertiary/aromatic N) is 1. The number of sulfonamides is 1. The highest BCUT2D eigenvalue weighted by atomic mass is 35.5. The van der Waals surface area contributed by atoms with Gasteiger partial charge in [-0.1, -0.05) is 48.9 Å². The first-order chi connectivity index (χ1) is 17.0. The van der Waals surface area contributed by atoms with Crippen molar-refractivity contribution >= 4 is 27.5 Å². The van der Waals surface area contributed by atoms with Crippen molar-refractivity contribution in [3.05, 3.63) is 88.6 Å². The van der Waals surface area contributed by atoms with Crippen LogP contribution < -0.4 is 14.8 Å². The third-order valence-electron chi connectivity index (χ3n) is 6.21. The fraction of sp³-hybridized carbons (Fsp3) is 0.308. The molecule has 4 rings (SSSR count). The summed E-state index contributed by atoms with van der Waals surface area (Å²) in [5.41, 5.74) is 0.447. The van der Waals surface area contributed by atoms with Crippen molar-refractivity contribution in [3.8, 4) is 5.88 Å². The second-order valence-corrected chi connectivity index (χ2v) is 11.5. The fourth-order valence-corrected chi connectivity index (χ4v) is 5.35. The maximum Gasteiger partial charge on any atom is 0.252 e. The van der Waals surface area contributed by atoms with E-state index in [0.717, 1.165) is 5.56 Å². The number of ether oxygens (including phenoxy) is 1. The zero-order chi connectivity index (χ0) is 26.1. The van der Waals surface area contributed by atoms with Crippen LogP contribution in [-0.2, 0) is 10.0 Å². The van der Waals surface area contributed by atoms with Gasteiger partial charge in [0.05, 0.1) is 16.5 Å². The third-order valence-corrected chi connectivity index (χ3v) is 7.92. The number of nitrogens with one attached hydrogen (secondary N) is 2. The van der Waals surface area contributed by atoms with Crippen LogP contribution in [-0.4, -0.2) is 42.7 Å². The molecule has 8 nitrogen and oxygen atoms in total. The fourth-order valence-electron chi connectivity index (χ4n) is 4.01. The maximum atomic E-state index is 13.1. The number of halogens is 1. The van der Waals surface area contributed by atoms with Crippen molar-refractivity contribution in [2.24, 2.45) is 0 Å². The molecule has 1 aromatic heterocycles. The predicted octanol–water partition coefficient (Wildman–Crippen LogP) is 3.82. The minimum absolute atomic E-state index is 0.0123. The molecule has 2 heterocycles. The largest absolute Gasteiger partial charge is 0.469 e. The SMILES string of the molecule is C[C@@H](CNC(=O)c1cnc2c(c1)[C@@H](NS(=O)(=O)c1ccc(Cl)cc1)[C@H](O)C(C)(C)O2)c1ccccc1. The Morgan fingerprint density at radius 3 is 2.50 bits per heavy atom. The number of amides is 1. The molecule has 2 aromatic carbocycles. The van der Waals surface area contributed by atoms with Gasteiger partial charge in [0.2, 0.25) is 15.9 Å². The standard InChI is InChI=1S/C26H28ClN3O5S/c1-16(17-7-5-4-6-8-17)14-28-24(32)18-13-21-22(23(31)26(2,3)35-25(21)29-15-18)30-36(33,34)20-11-9-19(27)10-12-20/h4-13,15-16,22-23,30-31H,14H2,1-3H3,(H,28,32)/t16-,22+,23-/m0/s1. The minimum atomic E-state index is -4.04. The quantitative estimate of drug-likeness (QED) is 0.428. The van der Waals surface area contributed by atoms with Gasteiger partial charge in [-0.15, -0.1) is 0 Å². The number of fused-ring (bicyclic) bond motifs is 1. The van der Waals surface area contributed by atoms with E-state index in [1.165, 1.54) is 36.5 Å². The third kappa shape index (κ3) is 5.54. The molecule has 0 spiro atoms. The molecular weight excluding hydrogens is 502 g/mol. The Labute approximate surface area is 215 Å². The second kappa shape index (κ2) is 10.2. The Kier molecular flexibility index (Phi) is 7.38. The van der Waals surface area contributed by atoms with Crippen LogP contribution >= 0.6 is 11.6 Å². The molecule has 0 aliphatic carbocycles. The summed E-state index contributed by atoms with van der Waals surface area (Å²) >= 11 is 5.89. The van der Waals surface area contributed by atoms with Crippen molar-refractivity contribution < 1.29 is 23.1 Å². The van der Waals surface area contributed by atoms with Crippen LogP contribution in [0.2, 0.25) is 5.02 Å². The predicted molar refractivity (Wildman–Crippen MR) is 137 cm³/mol. The van der Waals surface area contributed by atoms with Crippen LogP contribution in [0.4, 0.5) is 0 Å². The number of aliphatic hydroxyl groups excluding tert-OH is 1. The van der Waals surface area contributed by atoms with Crippen molar-refractivity contribution in [3.63, 3.8) is 0 Å². The van der Waals surface area contributed by atoms with Gasteiger partial charge in [0, 0.05) is 23.3 Å². The molecule has 0 saturated carbocycles. The molecule has 0 saturated heterocycles. The molecule has 0 unspecified atom stereocenters. The van der Waals surface area contributed by atoms with Crippen LogP contribution in [0, 0.1) is 0 Å². The first kappa shape index (κ1) is 26.1. The smallest absolute Gasteiger partial charge is 0.252 e. The molecule has 3 N–H and O–H groups in total. The number of aliphatic hydroxyl groups is 1. The Bertz CT molecular complexity index is 1350. The Hall–Kier alpha value is -2.98. The Morgan fingerprint density at radius 2 is 1.83 bits per heavy atom. The van der Waals surface area contributed by atoms with Gasteiger partial charge in [-0.25, -0.2) is 18.1 Å². The lowest BCUT2D eigenvalue weighted by Crippen LogP contribution is -2.53. The van der Waals surface area contributed by atoms with Gasteiger partial charge in [-0.2, -0.15) is 0 Å². The minimum Gasteiger partial charge on any atom is -0.469 e. The van der Waals surface area contributed by atoms with Crippen molar-refractivity contribution in [1.29, 1.82) is 0 Å². The number of hydrogen-bond donors (Lipinski definition) is 3. The molecule has 190 valence electrons. The van der Waals surface area contributed by atoms with Crippen LogP contribution in [0.25, 0.3) is 0 Å². The normalized spacial score (nSPS) is 19.6. The molecule has 10 heteroatoms. The van der Waals surface area contributed by atoms with Gasteiger partial charge < -0.3 is 15.2 Å². The summed E-state index contributed by atoms with van der Waals surface area (Å²) in [5, 5.41) is 14.3. The Balaban J connectivity index is 1.60. The molecule has 1 aliphatic rings. The summed E-state index contributed by atoms with van der Waals surface area (Å²) in [7, 11) is -4.04. The number of benzene rings is 2. The topological polar surface area (TPSA) is 118 Å².